The smallest absolute Gasteiger partial charge is 0.319 e. The number of rotatable bonds is 5. The second-order valence-electron chi connectivity index (χ2n) is 6.74. The van der Waals surface area contributed by atoms with E-state index in [9.17, 15) is 14.0 Å². The Hall–Kier alpha value is -3.57. The summed E-state index contributed by atoms with van der Waals surface area (Å²) in [6.45, 7) is 1.12. The van der Waals surface area contributed by atoms with Crippen molar-refractivity contribution in [1.82, 2.24) is 15.3 Å². The van der Waals surface area contributed by atoms with Gasteiger partial charge in [0.25, 0.3) is 5.91 Å². The van der Waals surface area contributed by atoms with Crippen LogP contribution in [0.4, 0.5) is 15.0 Å². The molecule has 1 aliphatic rings. The molecule has 32 heavy (non-hydrogen) atoms. The molecule has 1 aromatic heterocycles. The molecule has 2 aromatic rings. The van der Waals surface area contributed by atoms with Gasteiger partial charge in [-0.05, 0) is 18.2 Å². The Morgan fingerprint density at radius 1 is 1.38 bits per heavy atom. The SMILES string of the molecule is CN=C/C(=C\N)C1CN(c2cc(C(=O)NC(N)=O)nc(-c3ccc(Cl)cc3F)n2)CCO1. The molecule has 1 aromatic carbocycles. The topological polar surface area (TPSA) is 149 Å². The molecule has 12 heteroatoms. The fourth-order valence-electron chi connectivity index (χ4n) is 3.12. The van der Waals surface area contributed by atoms with Gasteiger partial charge in [0, 0.05) is 49.2 Å². The van der Waals surface area contributed by atoms with Gasteiger partial charge in [-0.3, -0.25) is 15.1 Å². The maximum atomic E-state index is 14.5. The largest absolute Gasteiger partial charge is 0.404 e. The third-order valence-corrected chi connectivity index (χ3v) is 4.82. The van der Waals surface area contributed by atoms with Gasteiger partial charge in [-0.15, -0.1) is 0 Å². The monoisotopic (exact) mass is 461 g/mol. The number of hydrogen-bond acceptors (Lipinski definition) is 8. The first-order valence-corrected chi connectivity index (χ1v) is 9.86. The van der Waals surface area contributed by atoms with E-state index in [1.807, 2.05) is 10.2 Å². The number of carbonyl (C=O) groups excluding carboxylic acids is 2. The average molecular weight is 462 g/mol. The van der Waals surface area contributed by atoms with Crippen LogP contribution in [0.2, 0.25) is 5.02 Å². The number of urea groups is 1. The number of nitrogens with two attached hydrogens (primary N) is 2. The zero-order valence-electron chi connectivity index (χ0n) is 17.1. The number of benzene rings is 1. The van der Waals surface area contributed by atoms with Crippen molar-refractivity contribution in [2.45, 2.75) is 6.10 Å². The zero-order valence-corrected chi connectivity index (χ0v) is 17.8. The van der Waals surface area contributed by atoms with Gasteiger partial charge in [0.15, 0.2) is 5.82 Å². The molecule has 1 saturated heterocycles. The number of halogens is 2. The third-order valence-electron chi connectivity index (χ3n) is 4.59. The van der Waals surface area contributed by atoms with E-state index in [0.29, 0.717) is 31.1 Å². The third kappa shape index (κ3) is 5.37. The predicted molar refractivity (Wildman–Crippen MR) is 118 cm³/mol. The quantitative estimate of drug-likeness (QED) is 0.571. The molecule has 0 saturated carbocycles. The Morgan fingerprint density at radius 3 is 2.81 bits per heavy atom. The minimum Gasteiger partial charge on any atom is -0.404 e. The normalized spacial score (nSPS) is 16.9. The van der Waals surface area contributed by atoms with E-state index in [1.165, 1.54) is 24.4 Å². The number of ether oxygens (including phenoxy) is 1. The van der Waals surface area contributed by atoms with Crippen LogP contribution in [0.1, 0.15) is 10.5 Å². The molecule has 3 rings (SSSR count). The number of imide groups is 1. The lowest BCUT2D eigenvalue weighted by Crippen LogP contribution is -2.44. The first-order chi connectivity index (χ1) is 15.3. The number of anilines is 1. The maximum Gasteiger partial charge on any atom is 0.319 e. The summed E-state index contributed by atoms with van der Waals surface area (Å²) >= 11 is 5.84. The Balaban J connectivity index is 2.04. The van der Waals surface area contributed by atoms with Gasteiger partial charge in [-0.25, -0.2) is 19.2 Å². The highest BCUT2D eigenvalue weighted by Gasteiger charge is 2.26. The van der Waals surface area contributed by atoms with Crippen LogP contribution >= 0.6 is 11.6 Å². The van der Waals surface area contributed by atoms with Crippen LogP contribution < -0.4 is 21.7 Å². The molecule has 1 aliphatic heterocycles. The number of primary amides is 1. The van der Waals surface area contributed by atoms with Crippen molar-refractivity contribution in [1.29, 1.82) is 0 Å². The van der Waals surface area contributed by atoms with Crippen molar-refractivity contribution < 1.29 is 18.7 Å². The van der Waals surface area contributed by atoms with E-state index in [4.69, 9.17) is 27.8 Å². The molecule has 5 N–H and O–H groups in total. The van der Waals surface area contributed by atoms with Crippen molar-refractivity contribution in [3.05, 3.63) is 52.6 Å². The Kier molecular flexibility index (Phi) is 7.33. The predicted octanol–water partition coefficient (Wildman–Crippen LogP) is 1.49. The molecular weight excluding hydrogens is 441 g/mol. The summed E-state index contributed by atoms with van der Waals surface area (Å²) in [4.78, 5) is 37.9. The second kappa shape index (κ2) is 10.2. The van der Waals surface area contributed by atoms with E-state index in [0.717, 1.165) is 6.07 Å². The summed E-state index contributed by atoms with van der Waals surface area (Å²) < 4.78 is 20.3. The van der Waals surface area contributed by atoms with Crippen LogP contribution in [0.3, 0.4) is 0 Å². The zero-order chi connectivity index (χ0) is 23.3. The molecule has 0 spiro atoms. The van der Waals surface area contributed by atoms with Gasteiger partial charge in [0.05, 0.1) is 12.2 Å². The summed E-state index contributed by atoms with van der Waals surface area (Å²) in [7, 11) is 1.62. The first kappa shape index (κ1) is 23.1. The highest BCUT2D eigenvalue weighted by molar-refractivity contribution is 6.30. The lowest BCUT2D eigenvalue weighted by Gasteiger charge is -2.34. The molecule has 1 unspecified atom stereocenters. The van der Waals surface area contributed by atoms with Crippen LogP contribution in [0.25, 0.3) is 11.4 Å². The molecule has 3 amide bonds. The molecule has 10 nitrogen and oxygen atoms in total. The molecule has 0 bridgehead atoms. The highest BCUT2D eigenvalue weighted by atomic mass is 35.5. The van der Waals surface area contributed by atoms with Crippen molar-refractivity contribution in [3.8, 4) is 11.4 Å². The molecule has 168 valence electrons. The lowest BCUT2D eigenvalue weighted by atomic mass is 10.1. The molecule has 2 heterocycles. The lowest BCUT2D eigenvalue weighted by molar-refractivity contribution is 0.0676. The minimum atomic E-state index is -1.04. The van der Waals surface area contributed by atoms with E-state index in [-0.39, 0.29) is 22.1 Å². The standard InChI is InChI=1S/C20H21ClFN7O3/c1-25-9-11(8-23)16-10-29(4-5-32-16)17-7-15(19(30)28-20(24)31)26-18(27-17)13-3-2-12(21)6-14(13)22/h2-3,6-9,16H,4-5,10,23H2,1H3,(H3,24,28,30,31)/b11-8+,25-9?. The van der Waals surface area contributed by atoms with E-state index in [1.54, 1.807) is 13.3 Å². The van der Waals surface area contributed by atoms with E-state index in [2.05, 4.69) is 15.0 Å². The summed E-state index contributed by atoms with van der Waals surface area (Å²) in [5.41, 5.74) is 11.3. The molecule has 1 fully saturated rings. The van der Waals surface area contributed by atoms with Crippen LogP contribution in [-0.4, -0.2) is 61.0 Å². The summed E-state index contributed by atoms with van der Waals surface area (Å²) in [5, 5.41) is 2.15. The Bertz CT molecular complexity index is 1090. The van der Waals surface area contributed by atoms with Crippen molar-refractivity contribution in [2.24, 2.45) is 16.5 Å². The molecule has 0 aliphatic carbocycles. The number of nitrogens with zero attached hydrogens (tertiary/aromatic N) is 4. The van der Waals surface area contributed by atoms with Crippen LogP contribution in [0.15, 0.2) is 41.0 Å². The fraction of sp³-hybridized carbons (Fsp3) is 0.250. The van der Waals surface area contributed by atoms with Gasteiger partial charge in [-0.2, -0.15) is 0 Å². The average Bonchev–Trinajstić information content (AvgIpc) is 2.76. The number of morpholine rings is 1. The summed E-state index contributed by atoms with van der Waals surface area (Å²) in [5.74, 6) is -1.23. The number of aromatic nitrogens is 2. The van der Waals surface area contributed by atoms with Crippen molar-refractivity contribution in [3.63, 3.8) is 0 Å². The van der Waals surface area contributed by atoms with Gasteiger partial charge in [-0.1, -0.05) is 11.6 Å². The van der Waals surface area contributed by atoms with Crippen molar-refractivity contribution in [2.75, 3.05) is 31.6 Å². The van der Waals surface area contributed by atoms with Gasteiger partial charge < -0.3 is 21.1 Å². The number of hydrogen-bond donors (Lipinski definition) is 3. The Morgan fingerprint density at radius 2 is 2.16 bits per heavy atom. The highest BCUT2D eigenvalue weighted by Crippen LogP contribution is 2.26. The van der Waals surface area contributed by atoms with Crippen LogP contribution in [-0.2, 0) is 4.74 Å². The van der Waals surface area contributed by atoms with Crippen LogP contribution in [0, 0.1) is 5.82 Å². The van der Waals surface area contributed by atoms with Crippen LogP contribution in [0.5, 0.6) is 0 Å². The minimum absolute atomic E-state index is 0.0369. The molecular formula is C20H21ClFN7O3. The van der Waals surface area contributed by atoms with Gasteiger partial charge >= 0.3 is 6.03 Å². The maximum absolute atomic E-state index is 14.5. The number of amides is 3. The second-order valence-corrected chi connectivity index (χ2v) is 7.17. The van der Waals surface area contributed by atoms with Gasteiger partial charge in [0.1, 0.15) is 23.4 Å². The molecule has 0 radical (unpaired) electrons. The number of nitrogens with one attached hydrogen (secondary N) is 1. The summed E-state index contributed by atoms with van der Waals surface area (Å²) in [6, 6.07) is 4.34. The summed E-state index contributed by atoms with van der Waals surface area (Å²) in [6.07, 6.45) is 2.60. The van der Waals surface area contributed by atoms with E-state index < -0.39 is 23.9 Å². The number of aliphatic imine (C=N–C) groups is 1. The number of carbonyl (C=O) groups is 2. The van der Waals surface area contributed by atoms with Crippen molar-refractivity contribution >= 4 is 35.6 Å². The van der Waals surface area contributed by atoms with E-state index >= 15 is 0 Å². The first-order valence-electron chi connectivity index (χ1n) is 9.48. The van der Waals surface area contributed by atoms with Gasteiger partial charge in [0.2, 0.25) is 0 Å². The fourth-order valence-corrected chi connectivity index (χ4v) is 3.28. The Labute approximate surface area is 188 Å². The molecule has 1 atom stereocenters.